The Morgan fingerprint density at radius 2 is 1.76 bits per heavy atom. The number of methoxy groups -OCH3 is 2. The van der Waals surface area contributed by atoms with Crippen molar-refractivity contribution in [2.45, 2.75) is 4.90 Å². The smallest absolute Gasteiger partial charge is 0.262 e. The van der Waals surface area contributed by atoms with Gasteiger partial charge in [-0.15, -0.1) is 21.5 Å². The predicted octanol–water partition coefficient (Wildman–Crippen LogP) is 4.34. The van der Waals surface area contributed by atoms with Crippen LogP contribution in [0.25, 0.3) is 27.6 Å². The summed E-state index contributed by atoms with van der Waals surface area (Å²) in [5, 5.41) is 15.1. The van der Waals surface area contributed by atoms with E-state index in [1.54, 1.807) is 40.1 Å². The average Bonchev–Trinajstić information content (AvgIpc) is 3.53. The van der Waals surface area contributed by atoms with Gasteiger partial charge in [0.25, 0.3) is 10.0 Å². The summed E-state index contributed by atoms with van der Waals surface area (Å²) in [4.78, 5) is 1.01. The molecular weight excluding hydrogens is 474 g/mol. The highest BCUT2D eigenvalue weighted by atomic mass is 32.2. The third-order valence-electron chi connectivity index (χ3n) is 5.08. The summed E-state index contributed by atoms with van der Waals surface area (Å²) in [6.07, 6.45) is 0. The molecule has 5 aromatic rings. The van der Waals surface area contributed by atoms with Crippen molar-refractivity contribution in [3.63, 3.8) is 0 Å². The van der Waals surface area contributed by atoms with E-state index in [0.717, 1.165) is 10.4 Å². The number of hydrogen-bond acceptors (Lipinski definition) is 8. The predicted molar refractivity (Wildman–Crippen MR) is 130 cm³/mol. The Hall–Kier alpha value is -3.96. The van der Waals surface area contributed by atoms with Crippen LogP contribution in [0, 0.1) is 0 Å². The summed E-state index contributed by atoms with van der Waals surface area (Å²) in [6, 6.07) is 19.0. The van der Waals surface area contributed by atoms with E-state index in [1.807, 2.05) is 35.7 Å². The number of rotatable bonds is 7. The van der Waals surface area contributed by atoms with Gasteiger partial charge in [-0.05, 0) is 47.8 Å². The minimum Gasteiger partial charge on any atom is -0.493 e. The van der Waals surface area contributed by atoms with Crippen LogP contribution in [0.15, 0.2) is 77.0 Å². The third-order valence-corrected chi connectivity index (χ3v) is 7.33. The molecule has 11 heteroatoms. The zero-order valence-electron chi connectivity index (χ0n) is 18.2. The van der Waals surface area contributed by atoms with E-state index in [4.69, 9.17) is 9.47 Å². The summed E-state index contributed by atoms with van der Waals surface area (Å²) in [6.45, 7) is 0. The lowest BCUT2D eigenvalue weighted by molar-refractivity contribution is 0.354. The lowest BCUT2D eigenvalue weighted by atomic mass is 10.1. The highest BCUT2D eigenvalue weighted by molar-refractivity contribution is 7.92. The fraction of sp³-hybridized carbons (Fsp3) is 0.0870. The zero-order chi connectivity index (χ0) is 23.7. The van der Waals surface area contributed by atoms with Crippen LogP contribution in [0.3, 0.4) is 0 Å². The second kappa shape index (κ2) is 8.76. The van der Waals surface area contributed by atoms with Crippen molar-refractivity contribution in [2.75, 3.05) is 18.9 Å². The van der Waals surface area contributed by atoms with Crippen molar-refractivity contribution in [2.24, 2.45) is 0 Å². The molecule has 0 aliphatic rings. The van der Waals surface area contributed by atoms with Gasteiger partial charge in [-0.2, -0.15) is 9.61 Å². The van der Waals surface area contributed by atoms with E-state index >= 15 is 0 Å². The Balaban J connectivity index is 1.47. The van der Waals surface area contributed by atoms with Gasteiger partial charge in [0.05, 0.1) is 29.7 Å². The highest BCUT2D eigenvalue weighted by Gasteiger charge is 2.18. The number of benzene rings is 2. The minimum atomic E-state index is -3.86. The molecule has 5 rings (SSSR count). The van der Waals surface area contributed by atoms with Crippen molar-refractivity contribution in [1.29, 1.82) is 0 Å². The Bertz CT molecular complexity index is 1580. The van der Waals surface area contributed by atoms with Crippen molar-refractivity contribution in [3.8, 4) is 33.5 Å². The van der Waals surface area contributed by atoms with Crippen LogP contribution in [0.4, 0.5) is 5.69 Å². The number of thiophene rings is 1. The SMILES string of the molecule is COc1ccc(S(=O)(=O)Nc2cccc(-c3ccc4nnc(-c5cccs5)n4n3)c2)cc1OC. The van der Waals surface area contributed by atoms with Gasteiger partial charge in [0, 0.05) is 17.3 Å². The number of hydrogen-bond donors (Lipinski definition) is 1. The molecule has 0 bridgehead atoms. The summed E-state index contributed by atoms with van der Waals surface area (Å²) >= 11 is 1.55. The summed E-state index contributed by atoms with van der Waals surface area (Å²) in [5.41, 5.74) is 2.41. The molecule has 9 nitrogen and oxygen atoms in total. The van der Waals surface area contributed by atoms with Crippen LogP contribution >= 0.6 is 11.3 Å². The van der Waals surface area contributed by atoms with Gasteiger partial charge < -0.3 is 9.47 Å². The normalized spacial score (nSPS) is 11.5. The van der Waals surface area contributed by atoms with Crippen LogP contribution < -0.4 is 14.2 Å². The first-order chi connectivity index (χ1) is 16.5. The summed E-state index contributed by atoms with van der Waals surface area (Å²) < 4.78 is 40.7. The molecule has 1 N–H and O–H groups in total. The van der Waals surface area contributed by atoms with Gasteiger partial charge in [0.15, 0.2) is 23.0 Å². The van der Waals surface area contributed by atoms with E-state index in [0.29, 0.717) is 34.4 Å². The molecule has 0 aliphatic heterocycles. The van der Waals surface area contributed by atoms with E-state index < -0.39 is 10.0 Å². The number of aromatic nitrogens is 4. The molecule has 0 amide bonds. The second-order valence-corrected chi connectivity index (χ2v) is 9.82. The first kappa shape index (κ1) is 21.9. The summed E-state index contributed by atoms with van der Waals surface area (Å²) in [5.74, 6) is 1.42. The lowest BCUT2D eigenvalue weighted by Crippen LogP contribution is -2.13. The summed E-state index contributed by atoms with van der Waals surface area (Å²) in [7, 11) is -0.918. The third kappa shape index (κ3) is 4.06. The maximum atomic E-state index is 13.0. The molecular formula is C23H19N5O4S2. The molecule has 0 saturated carbocycles. The molecule has 0 atom stereocenters. The number of nitrogens with one attached hydrogen (secondary N) is 1. The van der Waals surface area contributed by atoms with Gasteiger partial charge in [0.2, 0.25) is 0 Å². The zero-order valence-corrected chi connectivity index (χ0v) is 19.8. The van der Waals surface area contributed by atoms with Crippen LogP contribution in [0.2, 0.25) is 0 Å². The van der Waals surface area contributed by atoms with Crippen molar-refractivity contribution >= 4 is 32.7 Å². The van der Waals surface area contributed by atoms with Gasteiger partial charge in [-0.3, -0.25) is 4.72 Å². The monoisotopic (exact) mass is 493 g/mol. The Morgan fingerprint density at radius 3 is 2.53 bits per heavy atom. The van der Waals surface area contributed by atoms with Crippen molar-refractivity contribution in [1.82, 2.24) is 19.8 Å². The first-order valence-electron chi connectivity index (χ1n) is 10.1. The topological polar surface area (TPSA) is 108 Å². The quantitative estimate of drug-likeness (QED) is 0.359. The molecule has 2 aromatic carbocycles. The fourth-order valence-electron chi connectivity index (χ4n) is 3.44. The van der Waals surface area contributed by atoms with E-state index in [9.17, 15) is 8.42 Å². The lowest BCUT2D eigenvalue weighted by Gasteiger charge is -2.12. The maximum Gasteiger partial charge on any atom is 0.262 e. The van der Waals surface area contributed by atoms with Crippen LogP contribution in [0.1, 0.15) is 0 Å². The highest BCUT2D eigenvalue weighted by Crippen LogP contribution is 2.31. The van der Waals surface area contributed by atoms with E-state index in [-0.39, 0.29) is 4.90 Å². The molecule has 0 unspecified atom stereocenters. The number of fused-ring (bicyclic) bond motifs is 1. The minimum absolute atomic E-state index is 0.0557. The average molecular weight is 494 g/mol. The van der Waals surface area contributed by atoms with Crippen molar-refractivity contribution in [3.05, 3.63) is 72.1 Å². The largest absolute Gasteiger partial charge is 0.493 e. The van der Waals surface area contributed by atoms with Crippen LogP contribution in [0.5, 0.6) is 11.5 Å². The number of ether oxygens (including phenoxy) is 2. The van der Waals surface area contributed by atoms with Crippen molar-refractivity contribution < 1.29 is 17.9 Å². The van der Waals surface area contributed by atoms with Gasteiger partial charge >= 0.3 is 0 Å². The van der Waals surface area contributed by atoms with Gasteiger partial charge in [-0.1, -0.05) is 18.2 Å². The Morgan fingerprint density at radius 1 is 0.912 bits per heavy atom. The molecule has 0 fully saturated rings. The van der Waals surface area contributed by atoms with Gasteiger partial charge in [-0.25, -0.2) is 8.42 Å². The molecule has 0 saturated heterocycles. The maximum absolute atomic E-state index is 13.0. The van der Waals surface area contributed by atoms with E-state index in [2.05, 4.69) is 20.0 Å². The molecule has 3 aromatic heterocycles. The first-order valence-corrected chi connectivity index (χ1v) is 12.5. The molecule has 0 spiro atoms. The molecule has 0 radical (unpaired) electrons. The number of sulfonamides is 1. The fourth-order valence-corrected chi connectivity index (χ4v) is 5.20. The molecule has 172 valence electrons. The second-order valence-electron chi connectivity index (χ2n) is 7.19. The molecule has 0 aliphatic carbocycles. The Labute approximate surface area is 199 Å². The standard InChI is InChI=1S/C23H19N5O4S2/c1-31-19-10-8-17(14-20(19)32-2)34(29,30)27-16-6-3-5-15(13-16)18-9-11-22-24-25-23(28(22)26-18)21-7-4-12-33-21/h3-14,27H,1-2H3. The number of nitrogens with zero attached hydrogens (tertiary/aromatic N) is 4. The molecule has 3 heterocycles. The Kier molecular flexibility index (Phi) is 5.64. The van der Waals surface area contributed by atoms with E-state index in [1.165, 1.54) is 26.4 Å². The number of anilines is 1. The van der Waals surface area contributed by atoms with Gasteiger partial charge in [0.1, 0.15) is 0 Å². The molecule has 34 heavy (non-hydrogen) atoms. The van der Waals surface area contributed by atoms with Crippen LogP contribution in [-0.2, 0) is 10.0 Å². The van der Waals surface area contributed by atoms with Crippen LogP contribution in [-0.4, -0.2) is 42.4 Å².